The Hall–Kier alpha value is -1.13. The Labute approximate surface area is 103 Å². The number of nitrogens with zero attached hydrogens (tertiary/aromatic N) is 2. The summed E-state index contributed by atoms with van der Waals surface area (Å²) in [6, 6.07) is 8.29. The molecule has 0 unspecified atom stereocenters. The highest BCUT2D eigenvalue weighted by Crippen LogP contribution is 2.13. The van der Waals surface area contributed by atoms with Gasteiger partial charge in [-0.3, -0.25) is 0 Å². The number of nitrogens with two attached hydrogens (primary N) is 1. The van der Waals surface area contributed by atoms with Gasteiger partial charge in [-0.05, 0) is 24.2 Å². The van der Waals surface area contributed by atoms with Crippen molar-refractivity contribution in [2.75, 3.05) is 6.54 Å². The van der Waals surface area contributed by atoms with E-state index in [2.05, 4.69) is 37.6 Å². The Morgan fingerprint density at radius 2 is 2.25 bits per heavy atom. The van der Waals surface area contributed by atoms with Crippen LogP contribution in [0.5, 0.6) is 0 Å². The van der Waals surface area contributed by atoms with Gasteiger partial charge in [-0.2, -0.15) is 0 Å². The highest BCUT2D eigenvalue weighted by atomic mass is 79.9. The van der Waals surface area contributed by atoms with E-state index in [1.807, 2.05) is 24.7 Å². The maximum atomic E-state index is 5.56. The second-order valence-electron chi connectivity index (χ2n) is 3.68. The summed E-state index contributed by atoms with van der Waals surface area (Å²) in [5, 5.41) is 0. The molecule has 1 aromatic carbocycles. The zero-order valence-electron chi connectivity index (χ0n) is 8.94. The summed E-state index contributed by atoms with van der Waals surface area (Å²) in [5.74, 6) is 0. The lowest BCUT2D eigenvalue weighted by atomic mass is 10.2. The van der Waals surface area contributed by atoms with Gasteiger partial charge in [0.1, 0.15) is 0 Å². The van der Waals surface area contributed by atoms with Crippen LogP contribution in [0.4, 0.5) is 0 Å². The van der Waals surface area contributed by atoms with Gasteiger partial charge in [0.25, 0.3) is 0 Å². The SMILES string of the molecule is NCCc1cncn1Cc1cccc(Br)c1. The van der Waals surface area contributed by atoms with Gasteiger partial charge < -0.3 is 10.3 Å². The fourth-order valence-corrected chi connectivity index (χ4v) is 2.13. The largest absolute Gasteiger partial charge is 0.330 e. The number of halogens is 1. The molecule has 2 aromatic rings. The minimum absolute atomic E-state index is 0.657. The van der Waals surface area contributed by atoms with Crippen LogP contribution in [0.25, 0.3) is 0 Å². The first-order chi connectivity index (χ1) is 7.79. The molecule has 0 radical (unpaired) electrons. The fraction of sp³-hybridized carbons (Fsp3) is 0.250. The summed E-state index contributed by atoms with van der Waals surface area (Å²) < 4.78 is 3.24. The van der Waals surface area contributed by atoms with Crippen LogP contribution in [0.2, 0.25) is 0 Å². The molecule has 0 spiro atoms. The molecule has 1 aromatic heterocycles. The van der Waals surface area contributed by atoms with Gasteiger partial charge in [-0.25, -0.2) is 4.98 Å². The Morgan fingerprint density at radius 1 is 1.38 bits per heavy atom. The zero-order valence-corrected chi connectivity index (χ0v) is 10.5. The molecule has 84 valence electrons. The van der Waals surface area contributed by atoms with Crippen molar-refractivity contribution in [2.45, 2.75) is 13.0 Å². The van der Waals surface area contributed by atoms with Crippen molar-refractivity contribution in [1.82, 2.24) is 9.55 Å². The first kappa shape index (κ1) is 11.4. The first-order valence-electron chi connectivity index (χ1n) is 5.23. The second kappa shape index (κ2) is 5.27. The smallest absolute Gasteiger partial charge is 0.0951 e. The molecule has 1 heterocycles. The third-order valence-corrected chi connectivity index (χ3v) is 2.93. The van der Waals surface area contributed by atoms with Gasteiger partial charge in [0.05, 0.1) is 6.33 Å². The zero-order chi connectivity index (χ0) is 11.4. The number of aromatic nitrogens is 2. The molecule has 16 heavy (non-hydrogen) atoms. The molecular weight excluding hydrogens is 266 g/mol. The maximum absolute atomic E-state index is 5.56. The molecule has 0 saturated heterocycles. The molecule has 0 aliphatic heterocycles. The number of hydrogen-bond donors (Lipinski definition) is 1. The molecule has 2 rings (SSSR count). The number of rotatable bonds is 4. The molecule has 3 nitrogen and oxygen atoms in total. The highest BCUT2D eigenvalue weighted by Gasteiger charge is 2.02. The molecule has 0 aliphatic rings. The summed E-state index contributed by atoms with van der Waals surface area (Å²) in [6.45, 7) is 1.50. The van der Waals surface area contributed by atoms with E-state index in [0.717, 1.165) is 17.4 Å². The monoisotopic (exact) mass is 279 g/mol. The molecule has 0 amide bonds. The third kappa shape index (κ3) is 2.71. The predicted octanol–water partition coefficient (Wildman–Crippen LogP) is 2.20. The van der Waals surface area contributed by atoms with Crippen LogP contribution in [0, 0.1) is 0 Å². The van der Waals surface area contributed by atoms with Crippen molar-refractivity contribution in [1.29, 1.82) is 0 Å². The average Bonchev–Trinajstić information content (AvgIpc) is 2.66. The molecule has 0 atom stereocenters. The van der Waals surface area contributed by atoms with E-state index < -0.39 is 0 Å². The number of benzene rings is 1. The van der Waals surface area contributed by atoms with Crippen LogP contribution in [-0.4, -0.2) is 16.1 Å². The lowest BCUT2D eigenvalue weighted by Gasteiger charge is -2.07. The van der Waals surface area contributed by atoms with Crippen molar-refractivity contribution < 1.29 is 0 Å². The lowest BCUT2D eigenvalue weighted by molar-refractivity contribution is 0.733. The van der Waals surface area contributed by atoms with Crippen molar-refractivity contribution in [3.05, 3.63) is 52.5 Å². The minimum Gasteiger partial charge on any atom is -0.330 e. The van der Waals surface area contributed by atoms with E-state index in [0.29, 0.717) is 6.54 Å². The van der Waals surface area contributed by atoms with Gasteiger partial charge in [-0.1, -0.05) is 28.1 Å². The van der Waals surface area contributed by atoms with Gasteiger partial charge >= 0.3 is 0 Å². The average molecular weight is 280 g/mol. The third-order valence-electron chi connectivity index (χ3n) is 2.44. The molecule has 2 N–H and O–H groups in total. The first-order valence-corrected chi connectivity index (χ1v) is 6.02. The Bertz CT molecular complexity index is 465. The van der Waals surface area contributed by atoms with Crippen LogP contribution in [0.3, 0.4) is 0 Å². The normalized spacial score (nSPS) is 10.6. The maximum Gasteiger partial charge on any atom is 0.0951 e. The second-order valence-corrected chi connectivity index (χ2v) is 4.60. The summed E-state index contributed by atoms with van der Waals surface area (Å²) in [5.41, 5.74) is 8.00. The predicted molar refractivity (Wildman–Crippen MR) is 68.2 cm³/mol. The van der Waals surface area contributed by atoms with Crippen LogP contribution in [0.15, 0.2) is 41.3 Å². The molecular formula is C12H14BrN3. The summed E-state index contributed by atoms with van der Waals surface area (Å²) in [7, 11) is 0. The van der Waals surface area contributed by atoms with E-state index in [-0.39, 0.29) is 0 Å². The molecule has 0 aliphatic carbocycles. The van der Waals surface area contributed by atoms with Crippen LogP contribution < -0.4 is 5.73 Å². The Kier molecular flexibility index (Phi) is 3.74. The number of hydrogen-bond acceptors (Lipinski definition) is 2. The highest BCUT2D eigenvalue weighted by molar-refractivity contribution is 9.10. The topological polar surface area (TPSA) is 43.8 Å². The molecule has 4 heteroatoms. The van der Waals surface area contributed by atoms with Gasteiger partial charge in [-0.15, -0.1) is 0 Å². The fourth-order valence-electron chi connectivity index (χ4n) is 1.68. The van der Waals surface area contributed by atoms with E-state index in [1.165, 1.54) is 11.3 Å². The van der Waals surface area contributed by atoms with Crippen molar-refractivity contribution in [3.8, 4) is 0 Å². The van der Waals surface area contributed by atoms with Crippen molar-refractivity contribution >= 4 is 15.9 Å². The van der Waals surface area contributed by atoms with Crippen molar-refractivity contribution in [3.63, 3.8) is 0 Å². The minimum atomic E-state index is 0.657. The van der Waals surface area contributed by atoms with Gasteiger partial charge in [0, 0.05) is 29.3 Å². The van der Waals surface area contributed by atoms with Gasteiger partial charge in [0.2, 0.25) is 0 Å². The Morgan fingerprint density at radius 3 is 3.00 bits per heavy atom. The van der Waals surface area contributed by atoms with E-state index >= 15 is 0 Å². The van der Waals surface area contributed by atoms with Crippen molar-refractivity contribution in [2.24, 2.45) is 5.73 Å². The van der Waals surface area contributed by atoms with Crippen LogP contribution in [-0.2, 0) is 13.0 Å². The molecule has 0 saturated carbocycles. The van der Waals surface area contributed by atoms with Crippen LogP contribution in [0.1, 0.15) is 11.3 Å². The number of imidazole rings is 1. The van der Waals surface area contributed by atoms with E-state index in [9.17, 15) is 0 Å². The van der Waals surface area contributed by atoms with Crippen LogP contribution >= 0.6 is 15.9 Å². The summed E-state index contributed by atoms with van der Waals surface area (Å²) in [4.78, 5) is 4.16. The van der Waals surface area contributed by atoms with Gasteiger partial charge in [0.15, 0.2) is 0 Å². The lowest BCUT2D eigenvalue weighted by Crippen LogP contribution is -2.09. The summed E-state index contributed by atoms with van der Waals surface area (Å²) >= 11 is 3.47. The quantitative estimate of drug-likeness (QED) is 0.933. The molecule has 0 bridgehead atoms. The Balaban J connectivity index is 2.17. The molecule has 0 fully saturated rings. The van der Waals surface area contributed by atoms with E-state index in [1.54, 1.807) is 0 Å². The summed E-state index contributed by atoms with van der Waals surface area (Å²) in [6.07, 6.45) is 4.60. The standard InChI is InChI=1S/C12H14BrN3/c13-11-3-1-2-10(6-11)8-16-9-15-7-12(16)4-5-14/h1-3,6-7,9H,4-5,8,14H2. The van der Waals surface area contributed by atoms with E-state index in [4.69, 9.17) is 5.73 Å².